The molecule has 2 aliphatic heterocycles. The number of hydrogen-bond donors (Lipinski definition) is 1. The van der Waals surface area contributed by atoms with Crippen molar-refractivity contribution in [3.8, 4) is 0 Å². The molecule has 5 nitrogen and oxygen atoms in total. The molecule has 1 unspecified atom stereocenters. The second-order valence-electron chi connectivity index (χ2n) is 7.92. The van der Waals surface area contributed by atoms with Crippen LogP contribution >= 0.6 is 24.0 Å². The number of halogens is 1. The van der Waals surface area contributed by atoms with Crippen LogP contribution in [0.4, 0.5) is 0 Å². The number of likely N-dealkylation sites (N-methyl/N-ethyl adjacent to an activating group) is 1. The second-order valence-corrected chi connectivity index (χ2v) is 7.92. The van der Waals surface area contributed by atoms with Crippen molar-refractivity contribution in [2.75, 3.05) is 54.0 Å². The number of rotatable bonds is 5. The third kappa shape index (κ3) is 5.81. The van der Waals surface area contributed by atoms with Crippen LogP contribution in [0.15, 0.2) is 35.3 Å². The van der Waals surface area contributed by atoms with E-state index in [1.54, 1.807) is 0 Å². The van der Waals surface area contributed by atoms with Gasteiger partial charge in [0, 0.05) is 45.4 Å². The third-order valence-corrected chi connectivity index (χ3v) is 6.11. The molecule has 1 aromatic rings. The summed E-state index contributed by atoms with van der Waals surface area (Å²) < 4.78 is 5.58. The Morgan fingerprint density at radius 3 is 2.59 bits per heavy atom. The molecule has 0 aliphatic carbocycles. The van der Waals surface area contributed by atoms with Crippen LogP contribution in [0.2, 0.25) is 0 Å². The summed E-state index contributed by atoms with van der Waals surface area (Å²) in [7, 11) is 6.27. The molecule has 2 heterocycles. The SMILES string of the molecule is CN=C(NCC1(N(C)C)CCOCC1)N1CCC(Cc2ccccc2)C1.I. The molecular weight excluding hydrogens is 451 g/mol. The first-order valence-electron chi connectivity index (χ1n) is 9.88. The van der Waals surface area contributed by atoms with Crippen molar-refractivity contribution < 1.29 is 4.74 Å². The molecule has 1 atom stereocenters. The van der Waals surface area contributed by atoms with Crippen molar-refractivity contribution in [3.63, 3.8) is 0 Å². The van der Waals surface area contributed by atoms with E-state index in [9.17, 15) is 0 Å². The molecule has 1 N–H and O–H groups in total. The minimum absolute atomic E-state index is 0. The Kier molecular flexibility index (Phi) is 8.82. The van der Waals surface area contributed by atoms with Gasteiger partial charge >= 0.3 is 0 Å². The lowest BCUT2D eigenvalue weighted by atomic mass is 9.88. The molecule has 0 spiro atoms. The minimum atomic E-state index is 0. The zero-order chi connectivity index (χ0) is 18.4. The predicted octanol–water partition coefficient (Wildman–Crippen LogP) is 2.86. The van der Waals surface area contributed by atoms with Gasteiger partial charge in [-0.15, -0.1) is 24.0 Å². The van der Waals surface area contributed by atoms with Gasteiger partial charge in [0.25, 0.3) is 0 Å². The molecule has 0 aromatic heterocycles. The fourth-order valence-corrected chi connectivity index (χ4v) is 4.25. The first-order chi connectivity index (χ1) is 12.6. The van der Waals surface area contributed by atoms with Crippen molar-refractivity contribution in [2.24, 2.45) is 10.9 Å². The Labute approximate surface area is 181 Å². The smallest absolute Gasteiger partial charge is 0.193 e. The lowest BCUT2D eigenvalue weighted by Gasteiger charge is -2.43. The van der Waals surface area contributed by atoms with Crippen LogP contribution in [0, 0.1) is 5.92 Å². The number of ether oxygens (including phenoxy) is 1. The van der Waals surface area contributed by atoms with E-state index in [2.05, 4.69) is 64.5 Å². The van der Waals surface area contributed by atoms with E-state index in [4.69, 9.17) is 4.74 Å². The maximum absolute atomic E-state index is 5.58. The molecule has 3 rings (SSSR count). The van der Waals surface area contributed by atoms with Gasteiger partial charge in [0.05, 0.1) is 0 Å². The van der Waals surface area contributed by atoms with E-state index in [-0.39, 0.29) is 29.5 Å². The lowest BCUT2D eigenvalue weighted by Crippen LogP contribution is -2.57. The van der Waals surface area contributed by atoms with Gasteiger partial charge in [-0.25, -0.2) is 0 Å². The summed E-state index contributed by atoms with van der Waals surface area (Å²) in [6.07, 6.45) is 4.54. The van der Waals surface area contributed by atoms with Crippen LogP contribution in [-0.4, -0.2) is 75.3 Å². The molecule has 0 amide bonds. The molecule has 0 bridgehead atoms. The molecule has 27 heavy (non-hydrogen) atoms. The fraction of sp³-hybridized carbons (Fsp3) is 0.667. The highest BCUT2D eigenvalue weighted by Crippen LogP contribution is 2.26. The number of benzene rings is 1. The Hall–Kier alpha value is -0.860. The Morgan fingerprint density at radius 2 is 1.96 bits per heavy atom. The van der Waals surface area contributed by atoms with E-state index < -0.39 is 0 Å². The summed E-state index contributed by atoms with van der Waals surface area (Å²) >= 11 is 0. The average Bonchev–Trinajstić information content (AvgIpc) is 3.12. The van der Waals surface area contributed by atoms with Crippen LogP contribution in [-0.2, 0) is 11.2 Å². The van der Waals surface area contributed by atoms with E-state index >= 15 is 0 Å². The monoisotopic (exact) mass is 486 g/mol. The summed E-state index contributed by atoms with van der Waals surface area (Å²) in [5, 5.41) is 3.67. The number of hydrogen-bond acceptors (Lipinski definition) is 3. The normalized spacial score (nSPS) is 22.6. The summed E-state index contributed by atoms with van der Waals surface area (Å²) in [5.74, 6) is 1.76. The van der Waals surface area contributed by atoms with Gasteiger partial charge < -0.3 is 19.9 Å². The van der Waals surface area contributed by atoms with Gasteiger partial charge in [0.15, 0.2) is 5.96 Å². The van der Waals surface area contributed by atoms with Gasteiger partial charge in [0.2, 0.25) is 0 Å². The molecule has 2 fully saturated rings. The van der Waals surface area contributed by atoms with E-state index in [1.165, 1.54) is 12.0 Å². The van der Waals surface area contributed by atoms with Crippen molar-refractivity contribution in [2.45, 2.75) is 31.2 Å². The maximum atomic E-state index is 5.58. The van der Waals surface area contributed by atoms with Gasteiger partial charge in [-0.05, 0) is 51.3 Å². The molecular formula is C21H35IN4O. The van der Waals surface area contributed by atoms with Gasteiger partial charge in [-0.1, -0.05) is 30.3 Å². The number of likely N-dealkylation sites (tertiary alicyclic amines) is 1. The highest BCUT2D eigenvalue weighted by molar-refractivity contribution is 14.0. The maximum Gasteiger partial charge on any atom is 0.193 e. The van der Waals surface area contributed by atoms with Crippen molar-refractivity contribution in [1.29, 1.82) is 0 Å². The van der Waals surface area contributed by atoms with Crippen LogP contribution in [0.3, 0.4) is 0 Å². The third-order valence-electron chi connectivity index (χ3n) is 6.11. The van der Waals surface area contributed by atoms with Gasteiger partial charge in [-0.2, -0.15) is 0 Å². The van der Waals surface area contributed by atoms with Crippen LogP contribution in [0.25, 0.3) is 0 Å². The summed E-state index contributed by atoms with van der Waals surface area (Å²) in [6, 6.07) is 10.8. The number of guanidine groups is 1. The summed E-state index contributed by atoms with van der Waals surface area (Å²) in [4.78, 5) is 9.35. The van der Waals surface area contributed by atoms with Crippen molar-refractivity contribution in [1.82, 2.24) is 15.1 Å². The summed E-state index contributed by atoms with van der Waals surface area (Å²) in [5.41, 5.74) is 1.60. The molecule has 152 valence electrons. The molecule has 0 saturated carbocycles. The number of nitrogens with zero attached hydrogens (tertiary/aromatic N) is 3. The highest BCUT2D eigenvalue weighted by atomic mass is 127. The van der Waals surface area contributed by atoms with Crippen molar-refractivity contribution >= 4 is 29.9 Å². The van der Waals surface area contributed by atoms with Gasteiger partial charge in [0.1, 0.15) is 0 Å². The molecule has 2 aliphatic rings. The minimum Gasteiger partial charge on any atom is -0.381 e. The first-order valence-corrected chi connectivity index (χ1v) is 9.88. The Morgan fingerprint density at radius 1 is 1.26 bits per heavy atom. The average molecular weight is 486 g/mol. The fourth-order valence-electron chi connectivity index (χ4n) is 4.25. The lowest BCUT2D eigenvalue weighted by molar-refractivity contribution is -0.00522. The molecule has 1 aromatic carbocycles. The van der Waals surface area contributed by atoms with Crippen LogP contribution < -0.4 is 5.32 Å². The number of aliphatic imine (C=N–C) groups is 1. The quantitative estimate of drug-likeness (QED) is 0.395. The molecule has 2 saturated heterocycles. The van der Waals surface area contributed by atoms with E-state index in [0.717, 1.165) is 58.1 Å². The summed E-state index contributed by atoms with van der Waals surface area (Å²) in [6.45, 7) is 4.81. The van der Waals surface area contributed by atoms with E-state index in [1.807, 2.05) is 7.05 Å². The predicted molar refractivity (Wildman–Crippen MR) is 123 cm³/mol. The Balaban J connectivity index is 0.00000261. The van der Waals surface area contributed by atoms with Crippen LogP contribution in [0.5, 0.6) is 0 Å². The molecule has 0 radical (unpaired) electrons. The Bertz CT molecular complexity index is 587. The second kappa shape index (κ2) is 10.6. The molecule has 6 heteroatoms. The van der Waals surface area contributed by atoms with E-state index in [0.29, 0.717) is 5.92 Å². The highest BCUT2D eigenvalue weighted by Gasteiger charge is 2.35. The topological polar surface area (TPSA) is 40.1 Å². The van der Waals surface area contributed by atoms with Crippen molar-refractivity contribution in [3.05, 3.63) is 35.9 Å². The zero-order valence-electron chi connectivity index (χ0n) is 17.0. The standard InChI is InChI=1S/C21H34N4O.HI/c1-22-20(23-17-21(24(2)3)10-13-26-14-11-21)25-12-9-19(16-25)15-18-7-5-4-6-8-18;/h4-8,19H,9-17H2,1-3H3,(H,22,23);1H. The van der Waals surface area contributed by atoms with Crippen LogP contribution in [0.1, 0.15) is 24.8 Å². The zero-order valence-corrected chi connectivity index (χ0v) is 19.3. The number of nitrogens with one attached hydrogen (secondary N) is 1. The first kappa shape index (κ1) is 22.4. The largest absolute Gasteiger partial charge is 0.381 e. The van der Waals surface area contributed by atoms with Gasteiger partial charge in [-0.3, -0.25) is 4.99 Å².